The van der Waals surface area contributed by atoms with Crippen molar-refractivity contribution in [2.75, 3.05) is 13.7 Å². The molecular weight excluding hydrogens is 433 g/mol. The van der Waals surface area contributed by atoms with Crippen LogP contribution in [0.5, 0.6) is 0 Å². The summed E-state index contributed by atoms with van der Waals surface area (Å²) in [4.78, 5) is 26.9. The van der Waals surface area contributed by atoms with Crippen LogP contribution in [0.15, 0.2) is 47.4 Å². The lowest BCUT2D eigenvalue weighted by Gasteiger charge is -2.28. The lowest BCUT2D eigenvalue weighted by molar-refractivity contribution is -0.154. The highest BCUT2D eigenvalue weighted by Gasteiger charge is 2.54. The first-order chi connectivity index (χ1) is 15.1. The minimum absolute atomic E-state index is 0.00891. The molecule has 1 aliphatic carbocycles. The van der Waals surface area contributed by atoms with Crippen LogP contribution in [0.4, 0.5) is 4.39 Å². The molecule has 1 aliphatic rings. The van der Waals surface area contributed by atoms with Gasteiger partial charge in [0.15, 0.2) is 21.2 Å². The number of benzene rings is 2. The molecule has 0 spiro atoms. The van der Waals surface area contributed by atoms with Crippen molar-refractivity contribution in [2.45, 2.75) is 55.7 Å². The second-order valence-corrected chi connectivity index (χ2v) is 10.6. The maximum absolute atomic E-state index is 13.8. The molecule has 3 rings (SSSR count). The van der Waals surface area contributed by atoms with Crippen molar-refractivity contribution in [2.24, 2.45) is 0 Å². The molecule has 1 saturated carbocycles. The van der Waals surface area contributed by atoms with Crippen molar-refractivity contribution < 1.29 is 27.1 Å². The van der Waals surface area contributed by atoms with Crippen LogP contribution in [-0.4, -0.2) is 43.6 Å². The molecule has 0 aliphatic heterocycles. The summed E-state index contributed by atoms with van der Waals surface area (Å²) >= 11 is 0. The highest BCUT2D eigenvalue weighted by molar-refractivity contribution is 7.93. The number of carbonyl (C=O) groups is 2. The van der Waals surface area contributed by atoms with Gasteiger partial charge in [-0.2, -0.15) is 0 Å². The number of hydrogen-bond acceptors (Lipinski definition) is 5. The van der Waals surface area contributed by atoms with E-state index in [-0.39, 0.29) is 24.3 Å². The Labute approximate surface area is 188 Å². The number of rotatable bonds is 7. The molecular formula is C24H28FNO5S. The third-order valence-corrected chi connectivity index (χ3v) is 8.67. The molecule has 1 amide bonds. The number of ether oxygens (including phenoxy) is 1. The van der Waals surface area contributed by atoms with E-state index in [1.807, 2.05) is 6.07 Å². The monoisotopic (exact) mass is 461 g/mol. The van der Waals surface area contributed by atoms with Gasteiger partial charge in [0.25, 0.3) is 5.91 Å². The van der Waals surface area contributed by atoms with Gasteiger partial charge in [-0.05, 0) is 49.9 Å². The number of carbonyl (C=O) groups excluding carboxylic acids is 2. The molecule has 32 heavy (non-hydrogen) atoms. The van der Waals surface area contributed by atoms with Gasteiger partial charge in [0.1, 0.15) is 5.82 Å². The van der Waals surface area contributed by atoms with E-state index in [9.17, 15) is 22.4 Å². The van der Waals surface area contributed by atoms with Crippen molar-refractivity contribution in [3.8, 4) is 0 Å². The number of esters is 1. The first-order valence-electron chi connectivity index (χ1n) is 10.5. The Morgan fingerprint density at radius 2 is 1.75 bits per heavy atom. The van der Waals surface area contributed by atoms with Crippen LogP contribution in [-0.2, 0) is 30.7 Å². The minimum atomic E-state index is -4.02. The lowest BCUT2D eigenvalue weighted by atomic mass is 10.1. The maximum Gasteiger partial charge on any atom is 0.328 e. The van der Waals surface area contributed by atoms with Gasteiger partial charge in [0, 0.05) is 19.2 Å². The van der Waals surface area contributed by atoms with E-state index >= 15 is 0 Å². The third-order valence-electron chi connectivity index (χ3n) is 6.05. The maximum atomic E-state index is 13.8. The first kappa shape index (κ1) is 23.9. The second-order valence-electron chi connectivity index (χ2n) is 8.39. The Bertz CT molecular complexity index is 1120. The van der Waals surface area contributed by atoms with E-state index in [0.717, 1.165) is 5.56 Å². The fourth-order valence-corrected chi connectivity index (χ4v) is 6.43. The molecule has 0 heterocycles. The quantitative estimate of drug-likeness (QED) is 0.587. The largest absolute Gasteiger partial charge is 0.454 e. The number of nitrogens with zero attached hydrogens (tertiary/aromatic N) is 1. The summed E-state index contributed by atoms with van der Waals surface area (Å²) in [6.07, 6.45) is 1.47. The molecule has 0 radical (unpaired) electrons. The van der Waals surface area contributed by atoms with Gasteiger partial charge in [-0.15, -0.1) is 0 Å². The molecule has 0 saturated heterocycles. The van der Waals surface area contributed by atoms with E-state index < -0.39 is 38.9 Å². The number of amides is 1. The van der Waals surface area contributed by atoms with Crippen LogP contribution in [0.3, 0.4) is 0 Å². The van der Waals surface area contributed by atoms with E-state index in [1.165, 1.54) is 18.0 Å². The molecule has 0 bridgehead atoms. The molecule has 2 aromatic carbocycles. The number of sulfone groups is 1. The topological polar surface area (TPSA) is 80.7 Å². The molecule has 8 heteroatoms. The number of aryl methyl sites for hydroxylation is 2. The van der Waals surface area contributed by atoms with E-state index in [1.54, 1.807) is 44.2 Å². The SMILES string of the molecule is Cc1ccc(C)c(S(=O)(=O)C2(C(=O)OCC(=O)N(C)Cc3ccccc3F)CCCC2)c1. The zero-order valence-electron chi connectivity index (χ0n) is 18.6. The summed E-state index contributed by atoms with van der Waals surface area (Å²) < 4.78 is 44.6. The van der Waals surface area contributed by atoms with Gasteiger partial charge >= 0.3 is 5.97 Å². The Hall–Kier alpha value is -2.74. The highest BCUT2D eigenvalue weighted by Crippen LogP contribution is 2.42. The fraction of sp³-hybridized carbons (Fsp3) is 0.417. The molecule has 172 valence electrons. The average molecular weight is 462 g/mol. The molecule has 0 unspecified atom stereocenters. The summed E-state index contributed by atoms with van der Waals surface area (Å²) in [5, 5.41) is 0. The Balaban J connectivity index is 1.76. The zero-order chi connectivity index (χ0) is 23.5. The summed E-state index contributed by atoms with van der Waals surface area (Å²) in [5.74, 6) is -1.88. The fourth-order valence-electron chi connectivity index (χ4n) is 4.08. The highest BCUT2D eigenvalue weighted by atomic mass is 32.2. The summed E-state index contributed by atoms with van der Waals surface area (Å²) in [6.45, 7) is 2.90. The van der Waals surface area contributed by atoms with Gasteiger partial charge in [-0.25, -0.2) is 12.8 Å². The predicted octanol–water partition coefficient (Wildman–Crippen LogP) is 3.73. The number of likely N-dealkylation sites (N-methyl/N-ethyl adjacent to an activating group) is 1. The van der Waals surface area contributed by atoms with Crippen molar-refractivity contribution in [3.63, 3.8) is 0 Å². The van der Waals surface area contributed by atoms with E-state index in [0.29, 0.717) is 24.0 Å². The second kappa shape index (κ2) is 9.40. The third kappa shape index (κ3) is 4.55. The van der Waals surface area contributed by atoms with Gasteiger partial charge in [0.2, 0.25) is 0 Å². The molecule has 0 aromatic heterocycles. The Kier molecular flexibility index (Phi) is 7.03. The molecule has 2 aromatic rings. The van der Waals surface area contributed by atoms with Gasteiger partial charge in [-0.1, -0.05) is 43.2 Å². The minimum Gasteiger partial charge on any atom is -0.454 e. The smallest absolute Gasteiger partial charge is 0.328 e. The van der Waals surface area contributed by atoms with Crippen LogP contribution in [0.25, 0.3) is 0 Å². The summed E-state index contributed by atoms with van der Waals surface area (Å²) in [5.41, 5.74) is 1.68. The van der Waals surface area contributed by atoms with Crippen molar-refractivity contribution in [1.82, 2.24) is 4.90 Å². The van der Waals surface area contributed by atoms with Crippen molar-refractivity contribution in [3.05, 3.63) is 65.0 Å². The van der Waals surface area contributed by atoms with E-state index in [2.05, 4.69) is 0 Å². The first-order valence-corrected chi connectivity index (χ1v) is 12.0. The van der Waals surface area contributed by atoms with E-state index in [4.69, 9.17) is 4.74 Å². The van der Waals surface area contributed by atoms with Crippen LogP contribution in [0.1, 0.15) is 42.4 Å². The zero-order valence-corrected chi connectivity index (χ0v) is 19.4. The molecule has 6 nitrogen and oxygen atoms in total. The number of halogens is 1. The average Bonchev–Trinajstić information content (AvgIpc) is 3.27. The van der Waals surface area contributed by atoms with Crippen LogP contribution in [0, 0.1) is 19.7 Å². The van der Waals surface area contributed by atoms with Crippen molar-refractivity contribution in [1.29, 1.82) is 0 Å². The molecule has 0 N–H and O–H groups in total. The van der Waals surface area contributed by atoms with Gasteiger partial charge in [0.05, 0.1) is 4.90 Å². The molecule has 0 atom stereocenters. The summed E-state index contributed by atoms with van der Waals surface area (Å²) in [6, 6.07) is 11.2. The van der Waals surface area contributed by atoms with Gasteiger partial charge in [-0.3, -0.25) is 9.59 Å². The normalized spacial score (nSPS) is 15.4. The predicted molar refractivity (Wildman–Crippen MR) is 118 cm³/mol. The molecule has 1 fully saturated rings. The van der Waals surface area contributed by atoms with Crippen LogP contribution in [0.2, 0.25) is 0 Å². The standard InChI is InChI=1S/C24H28FNO5S/c1-17-10-11-18(2)21(14-17)32(29,30)24(12-6-7-13-24)23(28)31-16-22(27)26(3)15-19-8-4-5-9-20(19)25/h4-5,8-11,14H,6-7,12-13,15-16H2,1-3H3. The number of hydrogen-bond donors (Lipinski definition) is 0. The summed E-state index contributed by atoms with van der Waals surface area (Å²) in [7, 11) is -2.55. The van der Waals surface area contributed by atoms with Crippen molar-refractivity contribution >= 4 is 21.7 Å². The van der Waals surface area contributed by atoms with Crippen LogP contribution >= 0.6 is 0 Å². The Morgan fingerprint density at radius 3 is 2.41 bits per heavy atom. The van der Waals surface area contributed by atoms with Gasteiger partial charge < -0.3 is 9.64 Å². The Morgan fingerprint density at radius 1 is 1.09 bits per heavy atom. The van der Waals surface area contributed by atoms with Crippen LogP contribution < -0.4 is 0 Å². The lowest BCUT2D eigenvalue weighted by Crippen LogP contribution is -2.46.